The number of thiophene rings is 1. The fourth-order valence-electron chi connectivity index (χ4n) is 1.94. The fourth-order valence-corrected chi connectivity index (χ4v) is 2.55. The van der Waals surface area contributed by atoms with E-state index in [0.717, 1.165) is 4.88 Å². The van der Waals surface area contributed by atoms with E-state index in [1.807, 2.05) is 17.5 Å². The Bertz CT molecular complexity index is 358. The van der Waals surface area contributed by atoms with E-state index in [4.69, 9.17) is 15.2 Å². The van der Waals surface area contributed by atoms with E-state index in [-0.39, 0.29) is 5.97 Å². The Kier molecular flexibility index (Phi) is 4.15. The van der Waals surface area contributed by atoms with Crippen molar-refractivity contribution in [2.24, 2.45) is 11.1 Å². The van der Waals surface area contributed by atoms with Crippen molar-refractivity contribution in [2.75, 3.05) is 19.8 Å². The van der Waals surface area contributed by atoms with Crippen LogP contribution in [-0.4, -0.2) is 25.7 Å². The Balaban J connectivity index is 1.93. The summed E-state index contributed by atoms with van der Waals surface area (Å²) in [5.74, 6) is -0.184. The van der Waals surface area contributed by atoms with Gasteiger partial charge in [0.25, 0.3) is 0 Å². The zero-order valence-corrected chi connectivity index (χ0v) is 10.5. The van der Waals surface area contributed by atoms with Crippen molar-refractivity contribution in [3.8, 4) is 0 Å². The number of hydrogen-bond acceptors (Lipinski definition) is 5. The highest BCUT2D eigenvalue weighted by Crippen LogP contribution is 2.31. The summed E-state index contributed by atoms with van der Waals surface area (Å²) in [5, 5.41) is 1.97. The largest absolute Gasteiger partial charge is 0.460 e. The van der Waals surface area contributed by atoms with Crippen LogP contribution in [0.15, 0.2) is 17.5 Å². The number of rotatable bonds is 4. The number of nitrogens with two attached hydrogens (primary N) is 1. The lowest BCUT2D eigenvalue weighted by Crippen LogP contribution is -2.44. The zero-order chi connectivity index (χ0) is 12.1. The minimum Gasteiger partial charge on any atom is -0.460 e. The SMILES string of the molecule is NCC1(C(=O)OCc2cccs2)CCOCC1. The fraction of sp³-hybridized carbons (Fsp3) is 0.583. The lowest BCUT2D eigenvalue weighted by molar-refractivity contribution is -0.162. The van der Waals surface area contributed by atoms with Gasteiger partial charge >= 0.3 is 5.97 Å². The molecular formula is C12H17NO3S. The van der Waals surface area contributed by atoms with Crippen LogP contribution in [0.4, 0.5) is 0 Å². The molecule has 1 saturated heterocycles. The van der Waals surface area contributed by atoms with Gasteiger partial charge in [-0.1, -0.05) is 6.07 Å². The molecule has 2 N–H and O–H groups in total. The van der Waals surface area contributed by atoms with Crippen LogP contribution in [0.25, 0.3) is 0 Å². The molecule has 1 aliphatic rings. The van der Waals surface area contributed by atoms with Crippen LogP contribution in [0.3, 0.4) is 0 Å². The van der Waals surface area contributed by atoms with Crippen molar-refractivity contribution in [1.82, 2.24) is 0 Å². The lowest BCUT2D eigenvalue weighted by atomic mass is 9.80. The maximum Gasteiger partial charge on any atom is 0.313 e. The summed E-state index contributed by atoms with van der Waals surface area (Å²) in [6.45, 7) is 1.86. The quantitative estimate of drug-likeness (QED) is 0.829. The van der Waals surface area contributed by atoms with Crippen molar-refractivity contribution in [1.29, 1.82) is 0 Å². The number of ether oxygens (including phenoxy) is 2. The highest BCUT2D eigenvalue weighted by atomic mass is 32.1. The highest BCUT2D eigenvalue weighted by molar-refractivity contribution is 7.09. The van der Waals surface area contributed by atoms with Crippen molar-refractivity contribution in [2.45, 2.75) is 19.4 Å². The molecule has 2 heterocycles. The Morgan fingerprint density at radius 3 is 2.88 bits per heavy atom. The number of hydrogen-bond donors (Lipinski definition) is 1. The summed E-state index contributed by atoms with van der Waals surface area (Å²) in [6, 6.07) is 3.90. The molecule has 0 aliphatic carbocycles. The molecule has 0 saturated carbocycles. The predicted octanol–water partition coefficient (Wildman–Crippen LogP) is 1.55. The van der Waals surface area contributed by atoms with E-state index < -0.39 is 5.41 Å². The second-order valence-electron chi connectivity index (χ2n) is 4.25. The van der Waals surface area contributed by atoms with E-state index in [9.17, 15) is 4.79 Å². The van der Waals surface area contributed by atoms with E-state index in [0.29, 0.717) is 39.2 Å². The van der Waals surface area contributed by atoms with Crippen LogP contribution in [0.2, 0.25) is 0 Å². The molecule has 0 spiro atoms. The smallest absolute Gasteiger partial charge is 0.313 e. The van der Waals surface area contributed by atoms with Crippen LogP contribution in [0.5, 0.6) is 0 Å². The molecule has 1 aliphatic heterocycles. The lowest BCUT2D eigenvalue weighted by Gasteiger charge is -2.33. The van der Waals surface area contributed by atoms with Crippen molar-refractivity contribution in [3.05, 3.63) is 22.4 Å². The molecule has 0 bridgehead atoms. The first-order valence-corrected chi connectivity index (χ1v) is 6.62. The third kappa shape index (κ3) is 2.86. The molecule has 5 heteroatoms. The van der Waals surface area contributed by atoms with Gasteiger partial charge in [-0.15, -0.1) is 11.3 Å². The Morgan fingerprint density at radius 2 is 2.29 bits per heavy atom. The molecule has 1 aromatic rings. The summed E-state index contributed by atoms with van der Waals surface area (Å²) in [5.41, 5.74) is 5.20. The Morgan fingerprint density at radius 1 is 1.53 bits per heavy atom. The van der Waals surface area contributed by atoms with Crippen LogP contribution in [0, 0.1) is 5.41 Å². The summed E-state index contributed by atoms with van der Waals surface area (Å²) in [4.78, 5) is 13.1. The normalized spacial score (nSPS) is 18.9. The third-order valence-electron chi connectivity index (χ3n) is 3.20. The molecule has 1 fully saturated rings. The first kappa shape index (κ1) is 12.5. The predicted molar refractivity (Wildman–Crippen MR) is 65.7 cm³/mol. The molecule has 0 atom stereocenters. The summed E-state index contributed by atoms with van der Waals surface area (Å²) >= 11 is 1.58. The van der Waals surface area contributed by atoms with E-state index >= 15 is 0 Å². The van der Waals surface area contributed by atoms with Gasteiger partial charge in [-0.25, -0.2) is 0 Å². The van der Waals surface area contributed by atoms with Gasteiger partial charge in [0.2, 0.25) is 0 Å². The zero-order valence-electron chi connectivity index (χ0n) is 9.69. The van der Waals surface area contributed by atoms with Crippen molar-refractivity contribution in [3.63, 3.8) is 0 Å². The number of carbonyl (C=O) groups excluding carboxylic acids is 1. The van der Waals surface area contributed by atoms with Crippen LogP contribution in [0.1, 0.15) is 17.7 Å². The van der Waals surface area contributed by atoms with Crippen LogP contribution >= 0.6 is 11.3 Å². The Hall–Kier alpha value is -0.910. The average molecular weight is 255 g/mol. The standard InChI is InChI=1S/C12H17NO3S/c13-9-12(3-5-15-6-4-12)11(14)16-8-10-2-1-7-17-10/h1-2,7H,3-6,8-9,13H2. The minimum atomic E-state index is -0.532. The number of carbonyl (C=O) groups is 1. The molecule has 94 valence electrons. The molecule has 0 amide bonds. The van der Waals surface area contributed by atoms with Gasteiger partial charge in [0.15, 0.2) is 0 Å². The maximum absolute atomic E-state index is 12.1. The molecule has 0 aromatic carbocycles. The minimum absolute atomic E-state index is 0.184. The monoisotopic (exact) mass is 255 g/mol. The first-order valence-electron chi connectivity index (χ1n) is 5.74. The third-order valence-corrected chi connectivity index (χ3v) is 4.05. The molecule has 1 aromatic heterocycles. The van der Waals surface area contributed by atoms with Gasteiger partial charge in [0.05, 0.1) is 5.41 Å². The van der Waals surface area contributed by atoms with E-state index in [2.05, 4.69) is 0 Å². The first-order chi connectivity index (χ1) is 8.27. The number of esters is 1. The molecule has 17 heavy (non-hydrogen) atoms. The maximum atomic E-state index is 12.1. The molecule has 4 nitrogen and oxygen atoms in total. The van der Waals surface area contributed by atoms with Crippen LogP contribution in [-0.2, 0) is 20.9 Å². The topological polar surface area (TPSA) is 61.6 Å². The van der Waals surface area contributed by atoms with E-state index in [1.165, 1.54) is 0 Å². The molecule has 0 radical (unpaired) electrons. The summed E-state index contributed by atoms with van der Waals surface area (Å²) in [7, 11) is 0. The second kappa shape index (κ2) is 5.62. The van der Waals surface area contributed by atoms with Gasteiger partial charge in [0.1, 0.15) is 6.61 Å². The average Bonchev–Trinajstić information content (AvgIpc) is 2.90. The van der Waals surface area contributed by atoms with Crippen molar-refractivity contribution >= 4 is 17.3 Å². The van der Waals surface area contributed by atoms with Gasteiger partial charge in [-0.3, -0.25) is 4.79 Å². The van der Waals surface area contributed by atoms with Gasteiger partial charge < -0.3 is 15.2 Å². The summed E-state index contributed by atoms with van der Waals surface area (Å²) < 4.78 is 10.6. The van der Waals surface area contributed by atoms with E-state index in [1.54, 1.807) is 11.3 Å². The highest BCUT2D eigenvalue weighted by Gasteiger charge is 2.40. The van der Waals surface area contributed by atoms with Crippen molar-refractivity contribution < 1.29 is 14.3 Å². The summed E-state index contributed by atoms with van der Waals surface area (Å²) in [6.07, 6.45) is 1.32. The molecule has 2 rings (SSSR count). The van der Waals surface area contributed by atoms with Gasteiger partial charge in [0, 0.05) is 24.6 Å². The van der Waals surface area contributed by atoms with Crippen LogP contribution < -0.4 is 5.73 Å². The second-order valence-corrected chi connectivity index (χ2v) is 5.28. The van der Waals surface area contributed by atoms with Gasteiger partial charge in [-0.05, 0) is 24.3 Å². The van der Waals surface area contributed by atoms with Gasteiger partial charge in [-0.2, -0.15) is 0 Å². The Labute approximate surface area is 105 Å². The molecule has 0 unspecified atom stereocenters. The molecular weight excluding hydrogens is 238 g/mol.